The predicted octanol–water partition coefficient (Wildman–Crippen LogP) is 6.64. The number of nitriles is 1. The first-order valence-corrected chi connectivity index (χ1v) is 18.3. The van der Waals surface area contributed by atoms with Crippen molar-refractivity contribution < 1.29 is 23.1 Å². The van der Waals surface area contributed by atoms with Gasteiger partial charge in [-0.1, -0.05) is 42.0 Å². The van der Waals surface area contributed by atoms with Gasteiger partial charge in [0.25, 0.3) is 5.91 Å². The SMILES string of the molecule is C=CC/C=C/[C@H](O)[C@@H]1CC[C@H]1CN1C[C@@]2(CCCc3cc(Cl)ccc32)COc2ccc(C(=O)NS(=O)(=O)[C@H](CC#N)CCC=C)cc21. The lowest BCUT2D eigenvalue weighted by molar-refractivity contribution is 0.0456. The standard InChI is InChI=1S/C37H44ClN3O5S/c1-3-5-7-11-34(42)31-15-12-28(31)23-41-24-37(19-8-9-26-21-29(38)14-16-32(26)37)25-46-35-17-13-27(22-33(35)41)36(43)40-47(44,45)30(18-20-39)10-6-4-2/h3-4,7,11,13-14,16-17,21-22,28,30-31,34,42H,1-2,5-6,8-10,12,15,18-19,23-25H2,(H,40,43)/b11-7+/t28-,30-,31+,34-,37-/m0/s1. The molecule has 2 aliphatic carbocycles. The summed E-state index contributed by atoms with van der Waals surface area (Å²) < 4.78 is 35.1. The van der Waals surface area contributed by atoms with Crippen molar-refractivity contribution in [3.63, 3.8) is 0 Å². The van der Waals surface area contributed by atoms with E-state index in [0.29, 0.717) is 43.3 Å². The number of allylic oxidation sites excluding steroid dienone is 3. The molecule has 1 aliphatic heterocycles. The topological polar surface area (TPSA) is 120 Å². The highest BCUT2D eigenvalue weighted by atomic mass is 35.5. The van der Waals surface area contributed by atoms with Crippen molar-refractivity contribution in [2.24, 2.45) is 11.8 Å². The molecule has 10 heteroatoms. The van der Waals surface area contributed by atoms with E-state index in [9.17, 15) is 23.6 Å². The van der Waals surface area contributed by atoms with E-state index in [1.165, 1.54) is 11.1 Å². The Kier molecular flexibility index (Phi) is 11.2. The van der Waals surface area contributed by atoms with Crippen LogP contribution in [0.3, 0.4) is 0 Å². The molecule has 0 radical (unpaired) electrons. The number of fused-ring (bicyclic) bond motifs is 3. The van der Waals surface area contributed by atoms with Gasteiger partial charge in [-0.15, -0.1) is 13.2 Å². The fourth-order valence-electron chi connectivity index (χ4n) is 7.31. The van der Waals surface area contributed by atoms with Crippen molar-refractivity contribution in [3.8, 4) is 11.8 Å². The molecular weight excluding hydrogens is 634 g/mol. The first-order chi connectivity index (χ1) is 22.6. The first kappa shape index (κ1) is 34.7. The molecule has 250 valence electrons. The maximum Gasteiger partial charge on any atom is 0.264 e. The van der Waals surface area contributed by atoms with E-state index in [1.54, 1.807) is 30.4 Å². The van der Waals surface area contributed by atoms with Crippen LogP contribution >= 0.6 is 11.6 Å². The lowest BCUT2D eigenvalue weighted by Gasteiger charge is -2.45. The number of halogens is 1. The molecular formula is C37H44ClN3O5S. The van der Waals surface area contributed by atoms with Gasteiger partial charge in [-0.05, 0) is 105 Å². The van der Waals surface area contributed by atoms with Crippen molar-refractivity contribution in [1.29, 1.82) is 5.26 Å². The van der Waals surface area contributed by atoms with Crippen molar-refractivity contribution in [2.45, 2.75) is 74.6 Å². The van der Waals surface area contributed by atoms with Gasteiger partial charge in [0.15, 0.2) is 0 Å². The number of aliphatic hydroxyl groups is 1. The number of aryl methyl sites for hydroxylation is 1. The van der Waals surface area contributed by atoms with Gasteiger partial charge in [-0.25, -0.2) is 13.1 Å². The van der Waals surface area contributed by atoms with Crippen LogP contribution in [0.25, 0.3) is 0 Å². The van der Waals surface area contributed by atoms with Gasteiger partial charge < -0.3 is 14.7 Å². The Labute approximate surface area is 283 Å². The van der Waals surface area contributed by atoms with E-state index in [2.05, 4.69) is 28.8 Å². The largest absolute Gasteiger partial charge is 0.490 e. The molecule has 1 amide bonds. The zero-order chi connectivity index (χ0) is 33.6. The summed E-state index contributed by atoms with van der Waals surface area (Å²) in [5.41, 5.74) is 3.02. The Balaban J connectivity index is 1.47. The predicted molar refractivity (Wildman–Crippen MR) is 186 cm³/mol. The monoisotopic (exact) mass is 677 g/mol. The van der Waals surface area contributed by atoms with E-state index < -0.39 is 27.3 Å². The first-order valence-electron chi connectivity index (χ1n) is 16.4. The average molecular weight is 678 g/mol. The second kappa shape index (κ2) is 15.1. The Hall–Kier alpha value is -3.58. The van der Waals surface area contributed by atoms with Gasteiger partial charge in [-0.3, -0.25) is 4.79 Å². The second-order valence-electron chi connectivity index (χ2n) is 13.1. The van der Waals surface area contributed by atoms with Crippen molar-refractivity contribution in [2.75, 3.05) is 24.6 Å². The van der Waals surface area contributed by atoms with Gasteiger partial charge in [-0.2, -0.15) is 5.26 Å². The number of carbonyl (C=O) groups excluding carboxylic acids is 1. The van der Waals surface area contributed by atoms with Gasteiger partial charge in [0.1, 0.15) is 5.75 Å². The highest BCUT2D eigenvalue weighted by molar-refractivity contribution is 7.90. The van der Waals surface area contributed by atoms with Crippen molar-refractivity contribution in [1.82, 2.24) is 4.72 Å². The van der Waals surface area contributed by atoms with Crippen LogP contribution in [0, 0.1) is 23.2 Å². The number of anilines is 1. The maximum absolute atomic E-state index is 13.5. The van der Waals surface area contributed by atoms with E-state index in [1.807, 2.05) is 30.4 Å². The normalized spacial score (nSPS) is 23.3. The number of benzene rings is 2. The van der Waals surface area contributed by atoms with Crippen molar-refractivity contribution >= 4 is 33.2 Å². The number of hydrogen-bond donors (Lipinski definition) is 2. The van der Waals surface area contributed by atoms with E-state index in [-0.39, 0.29) is 35.7 Å². The van der Waals surface area contributed by atoms with E-state index >= 15 is 0 Å². The Bertz CT molecular complexity index is 1670. The molecule has 8 nitrogen and oxygen atoms in total. The fraction of sp³-hybridized carbons (Fsp3) is 0.459. The minimum atomic E-state index is -4.11. The van der Waals surface area contributed by atoms with Crippen molar-refractivity contribution in [3.05, 3.63) is 95.6 Å². The minimum Gasteiger partial charge on any atom is -0.490 e. The van der Waals surface area contributed by atoms with Crippen LogP contribution in [0.1, 0.15) is 72.9 Å². The highest BCUT2D eigenvalue weighted by Gasteiger charge is 2.44. The summed E-state index contributed by atoms with van der Waals surface area (Å²) in [6, 6.07) is 13.0. The summed E-state index contributed by atoms with van der Waals surface area (Å²) in [5, 5.41) is 19.9. The van der Waals surface area contributed by atoms with Gasteiger partial charge >= 0.3 is 0 Å². The molecule has 47 heavy (non-hydrogen) atoms. The molecule has 0 unspecified atom stereocenters. The second-order valence-corrected chi connectivity index (χ2v) is 15.5. The molecule has 5 rings (SSSR count). The molecule has 1 saturated carbocycles. The quantitative estimate of drug-likeness (QED) is 0.228. The summed E-state index contributed by atoms with van der Waals surface area (Å²) in [6.07, 6.45) is 12.4. The minimum absolute atomic E-state index is 0.0985. The van der Waals surface area contributed by atoms with E-state index in [4.69, 9.17) is 16.3 Å². The lowest BCUT2D eigenvalue weighted by Crippen LogP contribution is -2.49. The molecule has 0 bridgehead atoms. The van der Waals surface area contributed by atoms with Crippen LogP contribution in [0.2, 0.25) is 5.02 Å². The van der Waals surface area contributed by atoms with E-state index in [0.717, 1.165) is 37.8 Å². The molecule has 0 aromatic heterocycles. The molecule has 5 atom stereocenters. The van der Waals surface area contributed by atoms with Gasteiger partial charge in [0, 0.05) is 29.1 Å². The number of nitrogens with zero attached hydrogens (tertiary/aromatic N) is 2. The molecule has 2 aromatic carbocycles. The third-order valence-corrected chi connectivity index (χ3v) is 12.0. The molecule has 1 heterocycles. The molecule has 1 fully saturated rings. The Morgan fingerprint density at radius 1 is 1.23 bits per heavy atom. The maximum atomic E-state index is 13.5. The summed E-state index contributed by atoms with van der Waals surface area (Å²) in [7, 11) is -4.11. The van der Waals surface area contributed by atoms with Crippen LogP contribution in [0.5, 0.6) is 5.75 Å². The zero-order valence-electron chi connectivity index (χ0n) is 26.7. The molecule has 1 spiro atoms. The average Bonchev–Trinajstić information content (AvgIpc) is 3.18. The smallest absolute Gasteiger partial charge is 0.264 e. The number of aliphatic hydroxyl groups excluding tert-OH is 1. The van der Waals surface area contributed by atoms with Crippen LogP contribution in [0.15, 0.2) is 73.9 Å². The summed E-state index contributed by atoms with van der Waals surface area (Å²) in [6.45, 7) is 9.12. The summed E-state index contributed by atoms with van der Waals surface area (Å²) in [5.74, 6) is 0.179. The summed E-state index contributed by atoms with van der Waals surface area (Å²) in [4.78, 5) is 15.7. The van der Waals surface area contributed by atoms with Crippen LogP contribution in [-0.2, 0) is 21.9 Å². The summed E-state index contributed by atoms with van der Waals surface area (Å²) >= 11 is 6.40. The Morgan fingerprint density at radius 3 is 2.79 bits per heavy atom. The number of sulfonamides is 1. The van der Waals surface area contributed by atoms with Gasteiger partial charge in [0.2, 0.25) is 10.0 Å². The molecule has 0 saturated heterocycles. The number of amides is 1. The van der Waals surface area contributed by atoms with Crippen LogP contribution in [-0.4, -0.2) is 50.5 Å². The molecule has 2 aromatic rings. The number of hydrogen-bond acceptors (Lipinski definition) is 7. The zero-order valence-corrected chi connectivity index (χ0v) is 28.3. The molecule has 3 aliphatic rings. The fourth-order valence-corrected chi connectivity index (χ4v) is 8.79. The molecule has 2 N–H and O–H groups in total. The lowest BCUT2D eigenvalue weighted by atomic mass is 9.68. The third-order valence-electron chi connectivity index (χ3n) is 9.99. The number of carbonyl (C=O) groups is 1. The number of rotatable bonds is 13. The third kappa shape index (κ3) is 7.77. The number of ether oxygens (including phenoxy) is 1. The van der Waals surface area contributed by atoms with Crippen LogP contribution in [0.4, 0.5) is 5.69 Å². The van der Waals surface area contributed by atoms with Gasteiger partial charge in [0.05, 0.1) is 36.1 Å². The van der Waals surface area contributed by atoms with Crippen LogP contribution < -0.4 is 14.4 Å². The Morgan fingerprint density at radius 2 is 2.06 bits per heavy atom. The number of nitrogens with one attached hydrogen (secondary N) is 1. The highest BCUT2D eigenvalue weighted by Crippen LogP contribution is 2.46.